The summed E-state index contributed by atoms with van der Waals surface area (Å²) < 4.78 is 2.05. The molecule has 0 radical (unpaired) electrons. The van der Waals surface area contributed by atoms with E-state index in [9.17, 15) is 0 Å². The highest BCUT2D eigenvalue weighted by Crippen LogP contribution is 2.19. The van der Waals surface area contributed by atoms with Gasteiger partial charge in [0, 0.05) is 5.69 Å². The van der Waals surface area contributed by atoms with Gasteiger partial charge in [0.2, 0.25) is 5.95 Å². The number of hydrogen-bond acceptors (Lipinski definition) is 2. The van der Waals surface area contributed by atoms with Gasteiger partial charge in [-0.3, -0.25) is 0 Å². The highest BCUT2D eigenvalue weighted by molar-refractivity contribution is 5.39. The SMILES string of the molecule is Cc1cc(C)c(Cn2c(C)cnc2N)c(C)c1. The molecule has 0 spiro atoms. The lowest BCUT2D eigenvalue weighted by atomic mass is 10.00. The molecular weight excluding hydrogens is 210 g/mol. The summed E-state index contributed by atoms with van der Waals surface area (Å²) >= 11 is 0. The van der Waals surface area contributed by atoms with Crippen molar-refractivity contribution in [2.45, 2.75) is 34.2 Å². The number of aromatic nitrogens is 2. The molecule has 1 heterocycles. The molecule has 0 saturated heterocycles. The van der Waals surface area contributed by atoms with Gasteiger partial charge in [0.1, 0.15) is 0 Å². The molecule has 0 aliphatic carbocycles. The van der Waals surface area contributed by atoms with Gasteiger partial charge in [0.05, 0.1) is 12.7 Å². The summed E-state index contributed by atoms with van der Waals surface area (Å²) in [6, 6.07) is 4.43. The van der Waals surface area contributed by atoms with Gasteiger partial charge in [-0.25, -0.2) is 4.98 Å². The Morgan fingerprint density at radius 3 is 2.18 bits per heavy atom. The van der Waals surface area contributed by atoms with Crippen molar-refractivity contribution in [3.8, 4) is 0 Å². The molecule has 2 rings (SSSR count). The minimum Gasteiger partial charge on any atom is -0.369 e. The van der Waals surface area contributed by atoms with E-state index in [4.69, 9.17) is 5.73 Å². The van der Waals surface area contributed by atoms with Crippen LogP contribution in [0.15, 0.2) is 18.3 Å². The quantitative estimate of drug-likeness (QED) is 0.860. The molecule has 0 aliphatic heterocycles. The van der Waals surface area contributed by atoms with Crippen LogP contribution in [-0.2, 0) is 6.54 Å². The second-order valence-corrected chi connectivity index (χ2v) is 4.72. The minimum atomic E-state index is 0.585. The lowest BCUT2D eigenvalue weighted by Gasteiger charge is -2.14. The Labute approximate surface area is 102 Å². The number of nitrogen functional groups attached to an aromatic ring is 1. The van der Waals surface area contributed by atoms with Crippen LogP contribution in [0.1, 0.15) is 27.9 Å². The van der Waals surface area contributed by atoms with Crippen molar-refractivity contribution in [3.05, 3.63) is 46.3 Å². The van der Waals surface area contributed by atoms with E-state index in [0.717, 1.165) is 12.2 Å². The maximum absolute atomic E-state index is 5.87. The van der Waals surface area contributed by atoms with E-state index in [0.29, 0.717) is 5.95 Å². The zero-order valence-corrected chi connectivity index (χ0v) is 10.9. The first-order valence-corrected chi connectivity index (χ1v) is 5.83. The molecule has 0 amide bonds. The number of hydrogen-bond donors (Lipinski definition) is 1. The van der Waals surface area contributed by atoms with Gasteiger partial charge in [-0.2, -0.15) is 0 Å². The zero-order valence-electron chi connectivity index (χ0n) is 10.9. The van der Waals surface area contributed by atoms with Gasteiger partial charge in [0.25, 0.3) is 0 Å². The summed E-state index contributed by atoms with van der Waals surface area (Å²) in [5.41, 5.74) is 12.2. The highest BCUT2D eigenvalue weighted by atomic mass is 15.1. The first-order valence-electron chi connectivity index (χ1n) is 5.83. The maximum Gasteiger partial charge on any atom is 0.200 e. The molecule has 0 fully saturated rings. The highest BCUT2D eigenvalue weighted by Gasteiger charge is 2.08. The average Bonchev–Trinajstić information content (AvgIpc) is 2.53. The van der Waals surface area contributed by atoms with Crippen LogP contribution in [-0.4, -0.2) is 9.55 Å². The van der Waals surface area contributed by atoms with Gasteiger partial charge in [-0.15, -0.1) is 0 Å². The molecule has 2 aromatic rings. The van der Waals surface area contributed by atoms with Crippen LogP contribution in [0, 0.1) is 27.7 Å². The van der Waals surface area contributed by atoms with Crippen LogP contribution < -0.4 is 5.73 Å². The number of benzene rings is 1. The largest absolute Gasteiger partial charge is 0.369 e. The number of imidazole rings is 1. The molecule has 0 atom stereocenters. The fourth-order valence-corrected chi connectivity index (χ4v) is 2.30. The summed E-state index contributed by atoms with van der Waals surface area (Å²) in [6.07, 6.45) is 1.81. The Bertz CT molecular complexity index is 510. The van der Waals surface area contributed by atoms with Gasteiger partial charge in [0.15, 0.2) is 0 Å². The minimum absolute atomic E-state index is 0.585. The molecule has 0 bridgehead atoms. The normalized spacial score (nSPS) is 10.8. The molecule has 3 heteroatoms. The van der Waals surface area contributed by atoms with Crippen molar-refractivity contribution in [1.29, 1.82) is 0 Å². The summed E-state index contributed by atoms with van der Waals surface area (Å²) in [4.78, 5) is 4.13. The standard InChI is InChI=1S/C14H19N3/c1-9-5-10(2)13(11(3)6-9)8-17-12(4)7-16-14(17)15/h5-7H,8H2,1-4H3,(H2,15,16). The van der Waals surface area contributed by atoms with Crippen molar-refractivity contribution in [1.82, 2.24) is 9.55 Å². The summed E-state index contributed by atoms with van der Waals surface area (Å²) in [6.45, 7) is 9.26. The van der Waals surface area contributed by atoms with Crippen LogP contribution in [0.3, 0.4) is 0 Å². The Kier molecular flexibility index (Phi) is 2.92. The average molecular weight is 229 g/mol. The zero-order chi connectivity index (χ0) is 12.6. The number of aryl methyl sites for hydroxylation is 4. The maximum atomic E-state index is 5.87. The molecule has 3 nitrogen and oxygen atoms in total. The molecule has 17 heavy (non-hydrogen) atoms. The molecule has 0 saturated carbocycles. The first kappa shape index (κ1) is 11.7. The molecule has 0 unspecified atom stereocenters. The van der Waals surface area contributed by atoms with E-state index in [1.807, 2.05) is 17.7 Å². The van der Waals surface area contributed by atoms with E-state index >= 15 is 0 Å². The molecule has 90 valence electrons. The van der Waals surface area contributed by atoms with Crippen molar-refractivity contribution in [2.24, 2.45) is 0 Å². The van der Waals surface area contributed by atoms with Gasteiger partial charge < -0.3 is 10.3 Å². The Morgan fingerprint density at radius 1 is 1.12 bits per heavy atom. The summed E-state index contributed by atoms with van der Waals surface area (Å²) in [7, 11) is 0. The third kappa shape index (κ3) is 2.18. The van der Waals surface area contributed by atoms with Gasteiger partial charge in [-0.1, -0.05) is 17.7 Å². The van der Waals surface area contributed by atoms with E-state index in [1.165, 1.54) is 22.3 Å². The monoisotopic (exact) mass is 229 g/mol. The molecule has 2 N–H and O–H groups in total. The lowest BCUT2D eigenvalue weighted by molar-refractivity contribution is 0.773. The number of anilines is 1. The molecular formula is C14H19N3. The Morgan fingerprint density at radius 2 is 1.71 bits per heavy atom. The summed E-state index contributed by atoms with van der Waals surface area (Å²) in [5.74, 6) is 0.585. The second-order valence-electron chi connectivity index (χ2n) is 4.72. The van der Waals surface area contributed by atoms with E-state index in [1.54, 1.807) is 0 Å². The predicted molar refractivity (Wildman–Crippen MR) is 71.1 cm³/mol. The van der Waals surface area contributed by atoms with E-state index < -0.39 is 0 Å². The number of nitrogens with zero attached hydrogens (tertiary/aromatic N) is 2. The molecule has 0 aliphatic rings. The van der Waals surface area contributed by atoms with Crippen LogP contribution >= 0.6 is 0 Å². The van der Waals surface area contributed by atoms with Crippen molar-refractivity contribution >= 4 is 5.95 Å². The van der Waals surface area contributed by atoms with Crippen LogP contribution in [0.5, 0.6) is 0 Å². The van der Waals surface area contributed by atoms with Crippen molar-refractivity contribution in [2.75, 3.05) is 5.73 Å². The third-order valence-electron chi connectivity index (χ3n) is 3.24. The third-order valence-corrected chi connectivity index (χ3v) is 3.24. The summed E-state index contributed by atoms with van der Waals surface area (Å²) in [5, 5.41) is 0. The Hall–Kier alpha value is -1.77. The first-order chi connectivity index (χ1) is 7.99. The van der Waals surface area contributed by atoms with Gasteiger partial charge >= 0.3 is 0 Å². The predicted octanol–water partition coefficient (Wildman–Crippen LogP) is 2.75. The number of rotatable bonds is 2. The fraction of sp³-hybridized carbons (Fsp3) is 0.357. The molecule has 1 aromatic carbocycles. The number of nitrogens with two attached hydrogens (primary N) is 1. The van der Waals surface area contributed by atoms with Crippen molar-refractivity contribution in [3.63, 3.8) is 0 Å². The Balaban J connectivity index is 2.43. The smallest absolute Gasteiger partial charge is 0.200 e. The van der Waals surface area contributed by atoms with E-state index in [-0.39, 0.29) is 0 Å². The van der Waals surface area contributed by atoms with Gasteiger partial charge in [-0.05, 0) is 44.4 Å². The van der Waals surface area contributed by atoms with Crippen LogP contribution in [0.2, 0.25) is 0 Å². The molecule has 1 aromatic heterocycles. The van der Waals surface area contributed by atoms with E-state index in [2.05, 4.69) is 37.9 Å². The lowest BCUT2D eigenvalue weighted by Crippen LogP contribution is -2.09. The van der Waals surface area contributed by atoms with Crippen LogP contribution in [0.25, 0.3) is 0 Å². The fourth-order valence-electron chi connectivity index (χ4n) is 2.30. The van der Waals surface area contributed by atoms with Crippen molar-refractivity contribution < 1.29 is 0 Å². The van der Waals surface area contributed by atoms with Crippen LogP contribution in [0.4, 0.5) is 5.95 Å². The second kappa shape index (κ2) is 4.24. The topological polar surface area (TPSA) is 43.8 Å².